The molecule has 2 aliphatic rings. The van der Waals surface area contributed by atoms with Crippen LogP contribution in [0.5, 0.6) is 0 Å². The minimum absolute atomic E-state index is 0.00224. The third-order valence-corrected chi connectivity index (χ3v) is 7.19. The van der Waals surface area contributed by atoms with Crippen molar-refractivity contribution >= 4 is 35.1 Å². The molecule has 206 valence electrons. The van der Waals surface area contributed by atoms with Crippen molar-refractivity contribution in [1.82, 2.24) is 20.0 Å². The number of benzene rings is 2. The van der Waals surface area contributed by atoms with E-state index in [0.717, 1.165) is 6.07 Å². The smallest absolute Gasteiger partial charge is 0.322 e. The van der Waals surface area contributed by atoms with Gasteiger partial charge in [0, 0.05) is 30.5 Å². The first kappa shape index (κ1) is 27.1. The number of ether oxygens (including phenoxy) is 1. The van der Waals surface area contributed by atoms with Crippen LogP contribution in [-0.2, 0) is 16.1 Å². The van der Waals surface area contributed by atoms with Crippen molar-refractivity contribution in [3.63, 3.8) is 0 Å². The number of urea groups is 1. The summed E-state index contributed by atoms with van der Waals surface area (Å²) in [7, 11) is 0. The Morgan fingerprint density at radius 2 is 1.88 bits per heavy atom. The zero-order chi connectivity index (χ0) is 28.4. The molecule has 3 heterocycles. The SMILES string of the molecule is N#Cc1ccc(NC(=O)N2Cc3c(C(N)=O)c(-c4ccc(F)c(Cl)c4)nn3[C@@H](C(=O)NC3CCOCC3)C2)cc1. The molecule has 0 radical (unpaired) electrons. The maximum Gasteiger partial charge on any atom is 0.322 e. The normalized spacial score (nSPS) is 17.0. The number of nitriles is 1. The summed E-state index contributed by atoms with van der Waals surface area (Å²) < 4.78 is 20.7. The van der Waals surface area contributed by atoms with Gasteiger partial charge in [0.15, 0.2) is 0 Å². The molecule has 3 aromatic rings. The molecular formula is C27H25ClFN7O4. The predicted octanol–water partition coefficient (Wildman–Crippen LogP) is 3.20. The van der Waals surface area contributed by atoms with E-state index in [1.807, 2.05) is 6.07 Å². The fourth-order valence-corrected chi connectivity index (χ4v) is 5.01. The number of nitrogens with two attached hydrogens (primary N) is 1. The molecule has 1 saturated heterocycles. The van der Waals surface area contributed by atoms with Crippen LogP contribution in [0.4, 0.5) is 14.9 Å². The van der Waals surface area contributed by atoms with E-state index in [2.05, 4.69) is 15.7 Å². The Bertz CT molecular complexity index is 1510. The third kappa shape index (κ3) is 5.47. The van der Waals surface area contributed by atoms with Crippen molar-refractivity contribution in [2.75, 3.05) is 25.1 Å². The molecule has 5 rings (SSSR count). The summed E-state index contributed by atoms with van der Waals surface area (Å²) in [6, 6.07) is 10.6. The first-order valence-corrected chi connectivity index (χ1v) is 12.9. The summed E-state index contributed by atoms with van der Waals surface area (Å²) in [4.78, 5) is 41.0. The maximum absolute atomic E-state index is 13.9. The van der Waals surface area contributed by atoms with Crippen LogP contribution in [0.2, 0.25) is 5.02 Å². The standard InChI is InChI=1S/C27H25ClFN7O4/c28-19-11-16(3-6-20(19)29)24-23(25(31)37)21-13-35(27(39)33-17-4-1-15(12-30)2-5-17)14-22(36(21)34-24)26(38)32-18-7-9-40-10-8-18/h1-6,11,18,22H,7-10,13-14H2,(H2,31,37)(H,32,38)(H,33,39)/t22-/m1/s1. The highest BCUT2D eigenvalue weighted by Gasteiger charge is 2.38. The number of primary amides is 1. The van der Waals surface area contributed by atoms with Crippen LogP contribution in [0.15, 0.2) is 42.5 Å². The highest BCUT2D eigenvalue weighted by atomic mass is 35.5. The first-order chi connectivity index (χ1) is 19.2. The van der Waals surface area contributed by atoms with Gasteiger partial charge in [0.2, 0.25) is 5.91 Å². The molecule has 1 aromatic heterocycles. The number of anilines is 1. The highest BCUT2D eigenvalue weighted by molar-refractivity contribution is 6.31. The minimum Gasteiger partial charge on any atom is -0.381 e. The predicted molar refractivity (Wildman–Crippen MR) is 143 cm³/mol. The Morgan fingerprint density at radius 1 is 1.15 bits per heavy atom. The summed E-state index contributed by atoms with van der Waals surface area (Å²) in [5.41, 5.74) is 7.38. The molecule has 4 amide bonds. The van der Waals surface area contributed by atoms with E-state index in [4.69, 9.17) is 27.3 Å². The number of hydrogen-bond donors (Lipinski definition) is 3. The number of fused-ring (bicyclic) bond motifs is 1. The van der Waals surface area contributed by atoms with Crippen molar-refractivity contribution in [2.24, 2.45) is 5.73 Å². The molecule has 1 fully saturated rings. The van der Waals surface area contributed by atoms with Crippen LogP contribution >= 0.6 is 11.6 Å². The van der Waals surface area contributed by atoms with Crippen molar-refractivity contribution in [3.05, 3.63) is 70.1 Å². The van der Waals surface area contributed by atoms with E-state index in [0.29, 0.717) is 42.9 Å². The largest absolute Gasteiger partial charge is 0.381 e. The molecule has 0 bridgehead atoms. The molecule has 0 aliphatic carbocycles. The summed E-state index contributed by atoms with van der Waals surface area (Å²) >= 11 is 5.99. The van der Waals surface area contributed by atoms with Gasteiger partial charge in [-0.25, -0.2) is 9.18 Å². The summed E-state index contributed by atoms with van der Waals surface area (Å²) in [5, 5.41) is 19.2. The van der Waals surface area contributed by atoms with Crippen molar-refractivity contribution in [1.29, 1.82) is 5.26 Å². The summed E-state index contributed by atoms with van der Waals surface area (Å²) in [5.74, 6) is -1.85. The average molecular weight is 566 g/mol. The second-order valence-electron chi connectivity index (χ2n) is 9.52. The topological polar surface area (TPSA) is 155 Å². The molecule has 2 aromatic carbocycles. The van der Waals surface area contributed by atoms with E-state index < -0.39 is 23.8 Å². The van der Waals surface area contributed by atoms with E-state index in [1.165, 1.54) is 21.7 Å². The number of aromatic nitrogens is 2. The molecule has 0 saturated carbocycles. The van der Waals surface area contributed by atoms with E-state index in [9.17, 15) is 18.8 Å². The summed E-state index contributed by atoms with van der Waals surface area (Å²) in [6.07, 6.45) is 1.28. The van der Waals surface area contributed by atoms with Crippen LogP contribution in [0.1, 0.15) is 40.5 Å². The van der Waals surface area contributed by atoms with E-state index in [-0.39, 0.29) is 47.0 Å². The summed E-state index contributed by atoms with van der Waals surface area (Å²) in [6.45, 7) is 0.906. The lowest BCUT2D eigenvalue weighted by Crippen LogP contribution is -2.50. The van der Waals surface area contributed by atoms with E-state index in [1.54, 1.807) is 24.3 Å². The monoisotopic (exact) mass is 565 g/mol. The van der Waals surface area contributed by atoms with Crippen LogP contribution in [0.25, 0.3) is 11.3 Å². The van der Waals surface area contributed by atoms with Crippen molar-refractivity contribution < 1.29 is 23.5 Å². The number of nitrogens with one attached hydrogen (secondary N) is 2. The maximum atomic E-state index is 13.9. The lowest BCUT2D eigenvalue weighted by molar-refractivity contribution is -0.126. The number of amides is 4. The van der Waals surface area contributed by atoms with Gasteiger partial charge in [-0.1, -0.05) is 11.6 Å². The zero-order valence-electron chi connectivity index (χ0n) is 21.2. The van der Waals surface area contributed by atoms with Gasteiger partial charge in [0.1, 0.15) is 17.6 Å². The van der Waals surface area contributed by atoms with Gasteiger partial charge < -0.3 is 26.0 Å². The van der Waals surface area contributed by atoms with Gasteiger partial charge in [-0.2, -0.15) is 10.4 Å². The number of hydrogen-bond acceptors (Lipinski definition) is 6. The van der Waals surface area contributed by atoms with Crippen molar-refractivity contribution in [2.45, 2.75) is 31.5 Å². The highest BCUT2D eigenvalue weighted by Crippen LogP contribution is 2.33. The van der Waals surface area contributed by atoms with Gasteiger partial charge in [-0.3, -0.25) is 14.3 Å². The molecule has 40 heavy (non-hydrogen) atoms. The Balaban J connectivity index is 1.52. The zero-order valence-corrected chi connectivity index (χ0v) is 21.9. The Hall–Kier alpha value is -4.47. The lowest BCUT2D eigenvalue weighted by Gasteiger charge is -2.34. The fourth-order valence-electron chi connectivity index (χ4n) is 4.83. The number of halogens is 2. The average Bonchev–Trinajstić information content (AvgIpc) is 3.35. The quantitative estimate of drug-likeness (QED) is 0.431. The molecule has 13 heteroatoms. The van der Waals surface area contributed by atoms with Gasteiger partial charge in [0.05, 0.1) is 41.0 Å². The van der Waals surface area contributed by atoms with Gasteiger partial charge in [-0.05, 0) is 55.3 Å². The van der Waals surface area contributed by atoms with Crippen LogP contribution in [0, 0.1) is 17.1 Å². The van der Waals surface area contributed by atoms with Crippen molar-refractivity contribution in [3.8, 4) is 17.3 Å². The molecule has 11 nitrogen and oxygen atoms in total. The molecule has 0 spiro atoms. The molecule has 4 N–H and O–H groups in total. The second-order valence-corrected chi connectivity index (χ2v) is 9.93. The number of nitrogens with zero attached hydrogens (tertiary/aromatic N) is 4. The van der Waals surface area contributed by atoms with Crippen LogP contribution < -0.4 is 16.4 Å². The first-order valence-electron chi connectivity index (χ1n) is 12.6. The second kappa shape index (κ2) is 11.3. The third-order valence-electron chi connectivity index (χ3n) is 6.90. The molecule has 0 unspecified atom stereocenters. The Kier molecular flexibility index (Phi) is 7.68. The lowest BCUT2D eigenvalue weighted by atomic mass is 10.0. The number of carbonyl (C=O) groups excluding carboxylic acids is 3. The minimum atomic E-state index is -0.985. The molecule has 1 atom stereocenters. The molecular weight excluding hydrogens is 541 g/mol. The fraction of sp³-hybridized carbons (Fsp3) is 0.296. The van der Waals surface area contributed by atoms with Gasteiger partial charge in [0.25, 0.3) is 5.91 Å². The Labute approximate surface area is 233 Å². The van der Waals surface area contributed by atoms with Crippen LogP contribution in [-0.4, -0.2) is 58.3 Å². The Morgan fingerprint density at radius 3 is 2.52 bits per heavy atom. The number of carbonyl (C=O) groups is 3. The number of rotatable bonds is 5. The molecule has 2 aliphatic heterocycles. The van der Waals surface area contributed by atoms with Gasteiger partial charge >= 0.3 is 6.03 Å². The van der Waals surface area contributed by atoms with E-state index >= 15 is 0 Å². The van der Waals surface area contributed by atoms with Crippen LogP contribution in [0.3, 0.4) is 0 Å². The van der Waals surface area contributed by atoms with Gasteiger partial charge in [-0.15, -0.1) is 0 Å².